The van der Waals surface area contributed by atoms with Crippen LogP contribution in [0.15, 0.2) is 29.4 Å². The Morgan fingerprint density at radius 1 is 1.35 bits per heavy atom. The zero-order chi connectivity index (χ0) is 18.8. The number of aromatic nitrogens is 2. The van der Waals surface area contributed by atoms with Crippen LogP contribution in [0.2, 0.25) is 0 Å². The summed E-state index contributed by atoms with van der Waals surface area (Å²) >= 11 is 1.59. The Balaban J connectivity index is 1.79. The lowest BCUT2D eigenvalue weighted by atomic mass is 10.1. The number of carbonyl (C=O) groups excluding carboxylic acids is 1. The first-order valence-corrected chi connectivity index (χ1v) is 10.4. The van der Waals surface area contributed by atoms with Gasteiger partial charge in [0.25, 0.3) is 0 Å². The molecule has 5 heteroatoms. The molecule has 0 spiro atoms. The first-order valence-electron chi connectivity index (χ1n) is 9.55. The van der Waals surface area contributed by atoms with E-state index in [4.69, 9.17) is 4.98 Å². The van der Waals surface area contributed by atoms with E-state index >= 15 is 0 Å². The van der Waals surface area contributed by atoms with Crippen molar-refractivity contribution in [3.63, 3.8) is 0 Å². The van der Waals surface area contributed by atoms with E-state index in [-0.39, 0.29) is 17.2 Å². The van der Waals surface area contributed by atoms with Gasteiger partial charge < -0.3 is 9.47 Å². The number of benzene rings is 1. The van der Waals surface area contributed by atoms with Gasteiger partial charge >= 0.3 is 0 Å². The van der Waals surface area contributed by atoms with E-state index in [1.165, 1.54) is 11.3 Å². The molecule has 1 aliphatic heterocycles. The van der Waals surface area contributed by atoms with Crippen LogP contribution in [0.3, 0.4) is 0 Å². The third kappa shape index (κ3) is 3.54. The molecule has 26 heavy (non-hydrogen) atoms. The minimum atomic E-state index is -0.162. The lowest BCUT2D eigenvalue weighted by molar-refractivity contribution is -0.118. The molecule has 2 heterocycles. The summed E-state index contributed by atoms with van der Waals surface area (Å²) < 4.78 is 2.27. The maximum Gasteiger partial charge on any atom is 0.240 e. The van der Waals surface area contributed by atoms with Crippen LogP contribution in [0.4, 0.5) is 5.69 Å². The molecule has 0 radical (unpaired) electrons. The van der Waals surface area contributed by atoms with Crippen molar-refractivity contribution in [2.45, 2.75) is 76.9 Å². The van der Waals surface area contributed by atoms with Gasteiger partial charge in [-0.1, -0.05) is 43.3 Å². The van der Waals surface area contributed by atoms with Gasteiger partial charge in [0.2, 0.25) is 5.91 Å². The number of amides is 1. The first-order chi connectivity index (χ1) is 12.4. The monoisotopic (exact) mass is 371 g/mol. The lowest BCUT2D eigenvalue weighted by Gasteiger charge is -2.25. The first kappa shape index (κ1) is 19.0. The van der Waals surface area contributed by atoms with Crippen LogP contribution in [-0.4, -0.2) is 26.8 Å². The number of fused-ring (bicyclic) bond motifs is 1. The van der Waals surface area contributed by atoms with Crippen molar-refractivity contribution in [1.29, 1.82) is 0 Å². The summed E-state index contributed by atoms with van der Waals surface area (Å²) in [4.78, 5) is 19.9. The van der Waals surface area contributed by atoms with E-state index in [1.54, 1.807) is 11.8 Å². The minimum Gasteiger partial charge on any atom is -0.323 e. The second kappa shape index (κ2) is 7.87. The lowest BCUT2D eigenvalue weighted by Crippen LogP contribution is -2.40. The fraction of sp³-hybridized carbons (Fsp3) is 0.524. The molecular weight excluding hydrogens is 342 g/mol. The van der Waals surface area contributed by atoms with Gasteiger partial charge in [-0.3, -0.25) is 4.79 Å². The summed E-state index contributed by atoms with van der Waals surface area (Å²) in [7, 11) is 0. The van der Waals surface area contributed by atoms with E-state index in [0.29, 0.717) is 0 Å². The van der Waals surface area contributed by atoms with Crippen molar-refractivity contribution >= 4 is 23.4 Å². The molecular formula is C21H29N3OS. The van der Waals surface area contributed by atoms with Crippen LogP contribution in [0.5, 0.6) is 0 Å². The Kier molecular flexibility index (Phi) is 5.76. The van der Waals surface area contributed by atoms with E-state index in [0.717, 1.165) is 42.3 Å². The molecule has 1 aliphatic rings. The molecule has 140 valence electrons. The number of hydrogen-bond donors (Lipinski definition) is 0. The summed E-state index contributed by atoms with van der Waals surface area (Å²) in [5, 5.41) is 0.805. The van der Waals surface area contributed by atoms with Crippen LogP contribution in [-0.2, 0) is 17.8 Å². The minimum absolute atomic E-state index is 0.162. The Morgan fingerprint density at radius 2 is 2.08 bits per heavy atom. The second-order valence-electron chi connectivity index (χ2n) is 7.22. The number of anilines is 1. The highest BCUT2D eigenvalue weighted by atomic mass is 32.2. The predicted octanol–water partition coefficient (Wildman–Crippen LogP) is 4.76. The Hall–Kier alpha value is -1.75. The van der Waals surface area contributed by atoms with Gasteiger partial charge in [0.05, 0.1) is 10.9 Å². The van der Waals surface area contributed by atoms with Crippen LogP contribution in [0.1, 0.15) is 50.6 Å². The average Bonchev–Trinajstić information content (AvgIpc) is 3.08. The van der Waals surface area contributed by atoms with Crippen LogP contribution in [0, 0.1) is 13.8 Å². The largest absolute Gasteiger partial charge is 0.323 e. The molecule has 1 amide bonds. The maximum absolute atomic E-state index is 13.2. The molecule has 0 saturated carbocycles. The summed E-state index contributed by atoms with van der Waals surface area (Å²) in [6.45, 7) is 11.5. The number of carbonyl (C=O) groups is 1. The van der Waals surface area contributed by atoms with Gasteiger partial charge in [-0.25, -0.2) is 4.98 Å². The zero-order valence-corrected chi connectivity index (χ0v) is 17.3. The molecule has 0 N–H and O–H groups in total. The van der Waals surface area contributed by atoms with Crippen LogP contribution < -0.4 is 4.90 Å². The average molecular weight is 372 g/mol. The number of aryl methyl sites for hydroxylation is 1. The molecule has 1 aromatic carbocycles. The van der Waals surface area contributed by atoms with E-state index in [9.17, 15) is 4.79 Å². The summed E-state index contributed by atoms with van der Waals surface area (Å²) in [5.74, 6) is 0.174. The fourth-order valence-electron chi connectivity index (χ4n) is 3.60. The third-order valence-electron chi connectivity index (χ3n) is 5.23. The van der Waals surface area contributed by atoms with Gasteiger partial charge in [0.15, 0.2) is 5.16 Å². The molecule has 0 bridgehead atoms. The molecule has 2 aromatic rings. The smallest absolute Gasteiger partial charge is 0.240 e. The number of nitrogens with zero attached hydrogens (tertiary/aromatic N) is 3. The number of rotatable bonds is 6. The van der Waals surface area contributed by atoms with Crippen LogP contribution >= 0.6 is 11.8 Å². The molecule has 4 nitrogen and oxygen atoms in total. The Bertz CT molecular complexity index is 799. The van der Waals surface area contributed by atoms with Crippen molar-refractivity contribution in [3.8, 4) is 0 Å². The molecule has 0 aliphatic carbocycles. The van der Waals surface area contributed by atoms with E-state index in [1.807, 2.05) is 30.9 Å². The predicted molar refractivity (Wildman–Crippen MR) is 109 cm³/mol. The summed E-state index contributed by atoms with van der Waals surface area (Å²) in [6, 6.07) is 8.46. The van der Waals surface area contributed by atoms with Gasteiger partial charge in [-0.15, -0.1) is 0 Å². The quantitative estimate of drug-likeness (QED) is 0.687. The molecule has 0 saturated heterocycles. The summed E-state index contributed by atoms with van der Waals surface area (Å²) in [5.41, 5.74) is 4.60. The van der Waals surface area contributed by atoms with Crippen molar-refractivity contribution in [1.82, 2.24) is 9.55 Å². The molecule has 0 fully saturated rings. The normalized spacial score (nSPS) is 17.4. The highest BCUT2D eigenvalue weighted by Gasteiger charge is 2.34. The number of para-hydroxylation sites is 1. The fourth-order valence-corrected chi connectivity index (χ4v) is 4.67. The van der Waals surface area contributed by atoms with Crippen molar-refractivity contribution in [3.05, 3.63) is 41.2 Å². The van der Waals surface area contributed by atoms with Crippen molar-refractivity contribution < 1.29 is 4.79 Å². The highest BCUT2D eigenvalue weighted by Crippen LogP contribution is 2.35. The van der Waals surface area contributed by atoms with Crippen LogP contribution in [0.25, 0.3) is 0 Å². The SMILES string of the molecule is CCCCn1c(SC(C)C(=O)N2c3ccccc3CC2C)nc(C)c1C. The Labute approximate surface area is 161 Å². The van der Waals surface area contributed by atoms with Gasteiger partial charge in [-0.05, 0) is 52.2 Å². The standard InChI is InChI=1S/C21H29N3OS/c1-6-7-12-23-16(4)15(3)22-21(23)26-17(5)20(25)24-14(2)13-18-10-8-9-11-19(18)24/h8-11,14,17H,6-7,12-13H2,1-5H3. The number of imidazole rings is 1. The molecule has 2 unspecified atom stereocenters. The zero-order valence-electron chi connectivity index (χ0n) is 16.5. The van der Waals surface area contributed by atoms with Crippen molar-refractivity contribution in [2.24, 2.45) is 0 Å². The van der Waals surface area contributed by atoms with Gasteiger partial charge in [0.1, 0.15) is 0 Å². The van der Waals surface area contributed by atoms with Crippen molar-refractivity contribution in [2.75, 3.05) is 4.90 Å². The maximum atomic E-state index is 13.2. The third-order valence-corrected chi connectivity index (χ3v) is 6.31. The highest BCUT2D eigenvalue weighted by molar-refractivity contribution is 8.00. The summed E-state index contributed by atoms with van der Waals surface area (Å²) in [6.07, 6.45) is 3.21. The topological polar surface area (TPSA) is 38.1 Å². The van der Waals surface area contributed by atoms with E-state index in [2.05, 4.69) is 37.5 Å². The van der Waals surface area contributed by atoms with E-state index < -0.39 is 0 Å². The number of thioether (sulfide) groups is 1. The van der Waals surface area contributed by atoms with Gasteiger partial charge in [0, 0.05) is 24.0 Å². The number of hydrogen-bond acceptors (Lipinski definition) is 3. The van der Waals surface area contributed by atoms with Gasteiger partial charge in [-0.2, -0.15) is 0 Å². The second-order valence-corrected chi connectivity index (χ2v) is 8.53. The molecule has 2 atom stereocenters. The molecule has 1 aromatic heterocycles. The molecule has 3 rings (SSSR count). The number of unbranched alkanes of at least 4 members (excludes halogenated alkanes) is 1. The Morgan fingerprint density at radius 3 is 2.81 bits per heavy atom.